The number of aliphatic hydroxyl groups excluding tert-OH is 1. The van der Waals surface area contributed by atoms with Crippen molar-refractivity contribution in [3.63, 3.8) is 0 Å². The van der Waals surface area contributed by atoms with E-state index in [4.69, 9.17) is 43.8 Å². The van der Waals surface area contributed by atoms with Gasteiger partial charge in [0.1, 0.15) is 43.1 Å². The quantitative estimate of drug-likeness (QED) is 0.146. The predicted octanol–water partition coefficient (Wildman–Crippen LogP) is -0.281. The Balaban J connectivity index is 1.28. The molecule has 3 aliphatic heterocycles. The molecule has 7 rings (SSSR count). The largest absolute Gasteiger partial charge is 0.482 e. The maximum absolute atomic E-state index is 13.4. The fourth-order valence-electron chi connectivity index (χ4n) is 5.33. The van der Waals surface area contributed by atoms with Crippen LogP contribution in [-0.4, -0.2) is 104 Å². The molecule has 270 valence electrons. The maximum atomic E-state index is 13.4. The number of aliphatic hydroxyl groups is 1. The zero-order chi connectivity index (χ0) is 35.7. The smallest absolute Gasteiger partial charge is 0.473 e. The number of fused-ring (bicyclic) bond motifs is 5. The van der Waals surface area contributed by atoms with Gasteiger partial charge < -0.3 is 40.6 Å². The summed E-state index contributed by atoms with van der Waals surface area (Å²) in [5, 5.41) is 11.1. The highest BCUT2D eigenvalue weighted by molar-refractivity contribution is 7.47. The van der Waals surface area contributed by atoms with E-state index in [9.17, 15) is 42.0 Å². The number of imidazole rings is 2. The van der Waals surface area contributed by atoms with Crippen LogP contribution in [-0.2, 0) is 41.4 Å². The minimum absolute atomic E-state index is 0.0336. The van der Waals surface area contributed by atoms with Gasteiger partial charge in [-0.25, -0.2) is 29.1 Å². The molecule has 0 spiro atoms. The molecule has 0 radical (unpaired) electrons. The zero-order valence-electron chi connectivity index (χ0n) is 24.6. The number of halogens is 3. The zero-order valence-corrected chi connectivity index (χ0v) is 26.3. The summed E-state index contributed by atoms with van der Waals surface area (Å²) >= 11 is 0. The Labute approximate surface area is 273 Å². The topological polar surface area (TPSA) is 319 Å². The van der Waals surface area contributed by atoms with Crippen molar-refractivity contribution < 1.29 is 69.5 Å². The third-order valence-corrected chi connectivity index (χ3v) is 9.34. The van der Waals surface area contributed by atoms with Gasteiger partial charge in [-0.05, 0) is 0 Å². The number of H-pyrrole nitrogens is 1. The average molecular weight is 754 g/mol. The van der Waals surface area contributed by atoms with Gasteiger partial charge in [0.25, 0.3) is 5.56 Å². The summed E-state index contributed by atoms with van der Waals surface area (Å²) in [5.74, 6) is -2.15. The van der Waals surface area contributed by atoms with Crippen molar-refractivity contribution in [3.05, 3.63) is 40.9 Å². The van der Waals surface area contributed by atoms with Crippen molar-refractivity contribution in [2.75, 3.05) is 31.3 Å². The Morgan fingerprint density at radius 2 is 1.70 bits per heavy atom. The number of hydrogen-bond donors (Lipinski definition) is 6. The summed E-state index contributed by atoms with van der Waals surface area (Å²) in [6.07, 6.45) is -12.6. The number of anilines is 2. The van der Waals surface area contributed by atoms with Gasteiger partial charge in [0.2, 0.25) is 12.2 Å². The molecule has 28 heteroatoms. The highest BCUT2D eigenvalue weighted by Gasteiger charge is 2.52. The Bertz CT molecular complexity index is 2160. The Hall–Kier alpha value is -4.23. The van der Waals surface area contributed by atoms with E-state index in [0.717, 1.165) is 28.1 Å². The third kappa shape index (κ3) is 6.41. The summed E-state index contributed by atoms with van der Waals surface area (Å²) < 4.78 is 106. The van der Waals surface area contributed by atoms with E-state index in [0.29, 0.717) is 0 Å². The van der Waals surface area contributed by atoms with E-state index >= 15 is 0 Å². The van der Waals surface area contributed by atoms with Gasteiger partial charge in [-0.2, -0.15) is 18.2 Å². The van der Waals surface area contributed by atoms with Crippen LogP contribution in [0.3, 0.4) is 0 Å². The van der Waals surface area contributed by atoms with Crippen molar-refractivity contribution in [2.45, 2.75) is 43.0 Å². The fourth-order valence-corrected chi connectivity index (χ4v) is 7.09. The van der Waals surface area contributed by atoms with Gasteiger partial charge in [-0.15, -0.1) is 0 Å². The van der Waals surface area contributed by atoms with E-state index in [2.05, 4.69) is 29.9 Å². The second kappa shape index (κ2) is 12.2. The van der Waals surface area contributed by atoms with Gasteiger partial charge in [0.05, 0.1) is 12.9 Å². The standard InChI is InChI=1S/C22H23F3N10O13P2/c23-22(24,25)3-42-12-8-2-44-49(38,39)47-13-11(36)7(45-19(13)34-5-30-9-15(26)28-4-29-16(9)34)1-43-50(40,41)48-14(12)20(46-8)35-6-31-10-17(35)32-21(27)33-18(10)37/h4-7,11,13-14,19-20,36H,1-3H2,(H,38,39)(H,40,41)(H2,26,28,29)(H3,27,32,33,37)/t7-,11?,13?,14?,19-,20-/m1/s1. The fraction of sp³-hybridized carbons (Fsp3) is 0.455. The molecular weight excluding hydrogens is 731 g/mol. The normalized spacial score (nSPS) is 32.4. The lowest BCUT2D eigenvalue weighted by Crippen LogP contribution is -2.35. The molecule has 3 aliphatic rings. The first-order valence-corrected chi connectivity index (χ1v) is 16.9. The van der Waals surface area contributed by atoms with Crippen LogP contribution in [0.15, 0.2) is 35.3 Å². The lowest BCUT2D eigenvalue weighted by molar-refractivity contribution is -0.168. The minimum atomic E-state index is -5.39. The monoisotopic (exact) mass is 754 g/mol. The number of phosphoric ester groups is 2. The van der Waals surface area contributed by atoms with E-state index in [1.807, 2.05) is 0 Å². The van der Waals surface area contributed by atoms with Crippen LogP contribution in [0.5, 0.6) is 0 Å². The number of aromatic nitrogens is 8. The van der Waals surface area contributed by atoms with Crippen LogP contribution in [0, 0.1) is 0 Å². The summed E-state index contributed by atoms with van der Waals surface area (Å²) in [6.45, 7) is -4.16. The summed E-state index contributed by atoms with van der Waals surface area (Å²) in [6, 6.07) is 0. The second-order valence-electron chi connectivity index (χ2n) is 10.7. The Morgan fingerprint density at radius 1 is 1.00 bits per heavy atom. The number of phosphoric acid groups is 2. The number of nitrogens with two attached hydrogens (primary N) is 2. The Morgan fingerprint density at radius 3 is 2.44 bits per heavy atom. The van der Waals surface area contributed by atoms with Gasteiger partial charge in [0.15, 0.2) is 53.1 Å². The van der Waals surface area contributed by atoms with E-state index in [1.165, 1.54) is 0 Å². The van der Waals surface area contributed by atoms with Crippen molar-refractivity contribution >= 4 is 49.7 Å². The lowest BCUT2D eigenvalue weighted by Gasteiger charge is -2.25. The maximum Gasteiger partial charge on any atom is 0.473 e. The van der Waals surface area contributed by atoms with Crippen molar-refractivity contribution in [1.29, 1.82) is 0 Å². The first-order valence-electron chi connectivity index (χ1n) is 13.9. The lowest BCUT2D eigenvalue weighted by atomic mass is 10.1. The van der Waals surface area contributed by atoms with Crippen LogP contribution >= 0.6 is 15.6 Å². The summed E-state index contributed by atoms with van der Waals surface area (Å²) in [5.41, 5.74) is 10.1. The van der Waals surface area contributed by atoms with Gasteiger partial charge in [0, 0.05) is 0 Å². The molecule has 23 nitrogen and oxygen atoms in total. The molecule has 7 heterocycles. The van der Waals surface area contributed by atoms with Crippen molar-refractivity contribution in [2.24, 2.45) is 0 Å². The first-order chi connectivity index (χ1) is 23.5. The van der Waals surface area contributed by atoms with Crippen molar-refractivity contribution in [3.8, 4) is 0 Å². The first kappa shape index (κ1) is 34.2. The van der Waals surface area contributed by atoms with Crippen LogP contribution in [0.1, 0.15) is 12.5 Å². The highest BCUT2D eigenvalue weighted by Crippen LogP contribution is 2.54. The van der Waals surface area contributed by atoms with Crippen LogP contribution in [0.25, 0.3) is 22.3 Å². The number of hydrogen-bond acceptors (Lipinski definition) is 18. The SMILES string of the molecule is Nc1nc2c(ncn2[C@@H]2OC3=C(OCC(F)(F)F)C2OP(=O)(O)OC[C@H]2O[C@@H](n4cnc5c(N)ncnc54)C(OP(=O)(O)OC3)C2O)c(=O)[nH]1. The van der Waals surface area contributed by atoms with Gasteiger partial charge in [-0.3, -0.25) is 37.0 Å². The molecule has 8 atom stereocenters. The number of aromatic amines is 1. The highest BCUT2D eigenvalue weighted by atomic mass is 31.2. The second-order valence-corrected chi connectivity index (χ2v) is 13.5. The number of nitrogens with zero attached hydrogens (tertiary/aromatic N) is 7. The number of alkyl halides is 3. The van der Waals surface area contributed by atoms with E-state index in [-0.39, 0.29) is 28.1 Å². The predicted molar refractivity (Wildman–Crippen MR) is 153 cm³/mol. The molecule has 8 N–H and O–H groups in total. The summed E-state index contributed by atoms with van der Waals surface area (Å²) in [4.78, 5) is 55.9. The third-order valence-electron chi connectivity index (χ3n) is 7.41. The number of ether oxygens (including phenoxy) is 3. The van der Waals surface area contributed by atoms with Crippen LogP contribution in [0.2, 0.25) is 0 Å². The molecule has 1 fully saturated rings. The molecule has 0 aliphatic carbocycles. The van der Waals surface area contributed by atoms with Crippen LogP contribution in [0.4, 0.5) is 24.9 Å². The van der Waals surface area contributed by atoms with Crippen molar-refractivity contribution in [1.82, 2.24) is 39.0 Å². The number of nitrogen functional groups attached to an aromatic ring is 2. The number of rotatable bonds is 4. The van der Waals surface area contributed by atoms with Crippen LogP contribution < -0.4 is 17.0 Å². The molecule has 4 aromatic rings. The van der Waals surface area contributed by atoms with E-state index in [1.54, 1.807) is 0 Å². The molecule has 50 heavy (non-hydrogen) atoms. The van der Waals surface area contributed by atoms with Gasteiger partial charge in [-0.1, -0.05) is 0 Å². The number of nitrogens with one attached hydrogen (secondary N) is 1. The Kier molecular flexibility index (Phi) is 8.37. The molecule has 0 aromatic carbocycles. The molecule has 4 bridgehead atoms. The molecule has 0 amide bonds. The average Bonchev–Trinajstić information content (AvgIpc) is 3.78. The molecule has 5 unspecified atom stereocenters. The summed E-state index contributed by atoms with van der Waals surface area (Å²) in [7, 11) is -10.7. The molecule has 0 saturated carbocycles. The van der Waals surface area contributed by atoms with Gasteiger partial charge >= 0.3 is 21.8 Å². The molecular formula is C22H23F3N10O13P2. The minimum Gasteiger partial charge on any atom is -0.482 e. The molecule has 4 aromatic heterocycles. The molecule has 1 saturated heterocycles. The van der Waals surface area contributed by atoms with E-state index < -0.39 is 102 Å².